The van der Waals surface area contributed by atoms with E-state index in [2.05, 4.69) is 10.3 Å². The Bertz CT molecular complexity index is 585. The molecule has 1 amide bonds. The van der Waals surface area contributed by atoms with E-state index in [0.717, 1.165) is 29.8 Å². The number of hydrogen-bond acceptors (Lipinski definition) is 4. The van der Waals surface area contributed by atoms with Crippen LogP contribution >= 0.6 is 23.5 Å². The summed E-state index contributed by atoms with van der Waals surface area (Å²) in [5.74, 6) is 0.754. The van der Waals surface area contributed by atoms with Crippen LogP contribution in [0.25, 0.3) is 0 Å². The minimum atomic E-state index is -4.40. The van der Waals surface area contributed by atoms with Crippen molar-refractivity contribution in [2.75, 3.05) is 12.3 Å². The molecule has 0 aliphatic heterocycles. The van der Waals surface area contributed by atoms with E-state index in [4.69, 9.17) is 0 Å². The molecule has 0 bridgehead atoms. The molecule has 1 N–H and O–H groups in total. The number of aromatic nitrogens is 1. The number of hydrogen-bond donors (Lipinski definition) is 1. The van der Waals surface area contributed by atoms with Gasteiger partial charge in [0.15, 0.2) is 0 Å². The Morgan fingerprint density at radius 2 is 1.92 bits per heavy atom. The van der Waals surface area contributed by atoms with Gasteiger partial charge >= 0.3 is 6.18 Å². The van der Waals surface area contributed by atoms with Crippen molar-refractivity contribution in [2.45, 2.75) is 67.2 Å². The van der Waals surface area contributed by atoms with Gasteiger partial charge in [0.25, 0.3) is 0 Å². The summed E-state index contributed by atoms with van der Waals surface area (Å²) >= 11 is 3.08. The summed E-state index contributed by atoms with van der Waals surface area (Å²) < 4.78 is 36.9. The lowest BCUT2D eigenvalue weighted by Gasteiger charge is -2.24. The average Bonchev–Trinajstić information content (AvgIpc) is 2.58. The number of amides is 1. The lowest BCUT2D eigenvalue weighted by Crippen LogP contribution is -2.40. The van der Waals surface area contributed by atoms with Gasteiger partial charge in [-0.2, -0.15) is 24.9 Å². The van der Waals surface area contributed by atoms with Crippen molar-refractivity contribution in [2.24, 2.45) is 0 Å². The van der Waals surface area contributed by atoms with Crippen molar-refractivity contribution in [1.29, 1.82) is 0 Å². The number of rotatable bonds is 7. The molecule has 2 rings (SSSR count). The van der Waals surface area contributed by atoms with Crippen molar-refractivity contribution < 1.29 is 18.0 Å². The minimum absolute atomic E-state index is 0.131. The van der Waals surface area contributed by atoms with Crippen LogP contribution in [-0.2, 0) is 11.0 Å². The SMILES string of the molecule is CC(C)(Sc1ccc(C(F)(F)F)cn1)C(=O)NCCSC1CCCCC1. The summed E-state index contributed by atoms with van der Waals surface area (Å²) in [5, 5.41) is 4.04. The molecule has 0 saturated heterocycles. The van der Waals surface area contributed by atoms with Gasteiger partial charge in [-0.3, -0.25) is 4.79 Å². The number of carbonyl (C=O) groups is 1. The van der Waals surface area contributed by atoms with Crippen LogP contribution in [0.1, 0.15) is 51.5 Å². The predicted octanol–water partition coefficient (Wildman–Crippen LogP) is 5.15. The second kappa shape index (κ2) is 9.35. The number of nitrogens with zero attached hydrogens (tertiary/aromatic N) is 1. The smallest absolute Gasteiger partial charge is 0.354 e. The molecular formula is C18H25F3N2OS2. The Morgan fingerprint density at radius 1 is 1.23 bits per heavy atom. The number of pyridine rings is 1. The van der Waals surface area contributed by atoms with Gasteiger partial charge in [-0.05, 0) is 38.8 Å². The zero-order valence-electron chi connectivity index (χ0n) is 15.1. The van der Waals surface area contributed by atoms with E-state index in [-0.39, 0.29) is 5.91 Å². The van der Waals surface area contributed by atoms with E-state index in [1.165, 1.54) is 38.2 Å². The molecule has 0 unspecified atom stereocenters. The van der Waals surface area contributed by atoms with E-state index >= 15 is 0 Å². The normalized spacial score (nSPS) is 16.5. The third-order valence-corrected chi connectivity index (χ3v) is 6.79. The largest absolute Gasteiger partial charge is 0.417 e. The minimum Gasteiger partial charge on any atom is -0.354 e. The molecule has 0 aromatic carbocycles. The quantitative estimate of drug-likeness (QED) is 0.502. The fourth-order valence-electron chi connectivity index (χ4n) is 2.75. The zero-order chi connectivity index (χ0) is 19.2. The summed E-state index contributed by atoms with van der Waals surface area (Å²) in [6, 6.07) is 2.30. The summed E-state index contributed by atoms with van der Waals surface area (Å²) in [7, 11) is 0. The molecule has 1 saturated carbocycles. The van der Waals surface area contributed by atoms with Crippen molar-refractivity contribution in [3.8, 4) is 0 Å². The van der Waals surface area contributed by atoms with Crippen molar-refractivity contribution in [3.63, 3.8) is 0 Å². The van der Waals surface area contributed by atoms with Gasteiger partial charge in [-0.1, -0.05) is 31.0 Å². The first-order valence-corrected chi connectivity index (χ1v) is 10.7. The molecule has 1 aliphatic rings. The first kappa shape index (κ1) is 21.4. The van der Waals surface area contributed by atoms with E-state index in [0.29, 0.717) is 16.8 Å². The maximum absolute atomic E-state index is 12.6. The average molecular weight is 407 g/mol. The number of carbonyl (C=O) groups excluding carboxylic acids is 1. The molecule has 0 radical (unpaired) electrons. The highest BCUT2D eigenvalue weighted by Crippen LogP contribution is 2.34. The third-order valence-electron chi connectivity index (χ3n) is 4.26. The maximum atomic E-state index is 12.6. The summed E-state index contributed by atoms with van der Waals surface area (Å²) in [4.78, 5) is 16.2. The fourth-order valence-corrected chi connectivity index (χ4v) is 4.90. The van der Waals surface area contributed by atoms with Gasteiger partial charge in [-0.25, -0.2) is 4.98 Å². The third kappa shape index (κ3) is 6.68. The van der Waals surface area contributed by atoms with Gasteiger partial charge < -0.3 is 5.32 Å². The predicted molar refractivity (Wildman–Crippen MR) is 102 cm³/mol. The lowest BCUT2D eigenvalue weighted by atomic mass is 10.0. The van der Waals surface area contributed by atoms with Crippen LogP contribution in [0.4, 0.5) is 13.2 Å². The van der Waals surface area contributed by atoms with Crippen molar-refractivity contribution >= 4 is 29.4 Å². The molecule has 146 valence electrons. The zero-order valence-corrected chi connectivity index (χ0v) is 16.7. The fraction of sp³-hybridized carbons (Fsp3) is 0.667. The van der Waals surface area contributed by atoms with Gasteiger partial charge in [0.1, 0.15) is 0 Å². The second-order valence-electron chi connectivity index (χ2n) is 6.88. The van der Waals surface area contributed by atoms with E-state index in [1.54, 1.807) is 13.8 Å². The summed E-state index contributed by atoms with van der Waals surface area (Å²) in [6.07, 6.45) is 2.86. The Hall–Kier alpha value is -0.890. The monoisotopic (exact) mass is 406 g/mol. The molecule has 1 aromatic rings. The topological polar surface area (TPSA) is 42.0 Å². The number of alkyl halides is 3. The molecule has 1 aromatic heterocycles. The first-order valence-electron chi connectivity index (χ1n) is 8.80. The van der Waals surface area contributed by atoms with Crippen LogP contribution in [0.3, 0.4) is 0 Å². The molecule has 8 heteroatoms. The molecule has 0 atom stereocenters. The second-order valence-corrected chi connectivity index (χ2v) is 9.93. The van der Waals surface area contributed by atoms with E-state index in [1.807, 2.05) is 11.8 Å². The summed E-state index contributed by atoms with van der Waals surface area (Å²) in [5.41, 5.74) is -0.788. The van der Waals surface area contributed by atoms with E-state index < -0.39 is 16.5 Å². The number of nitrogens with one attached hydrogen (secondary N) is 1. The Labute approximate surface area is 161 Å². The molecule has 1 fully saturated rings. The Morgan fingerprint density at radius 3 is 2.50 bits per heavy atom. The highest BCUT2D eigenvalue weighted by molar-refractivity contribution is 8.01. The highest BCUT2D eigenvalue weighted by atomic mass is 32.2. The first-order chi connectivity index (χ1) is 12.2. The molecule has 0 spiro atoms. The standard InChI is InChI=1S/C18H25F3N2OS2/c1-17(2,26-15-9-8-13(12-23-15)18(19,20)21)16(24)22-10-11-25-14-6-4-3-5-7-14/h8-9,12,14H,3-7,10-11H2,1-2H3,(H,22,24). The molecule has 3 nitrogen and oxygen atoms in total. The molecule has 1 heterocycles. The molecule has 1 aliphatic carbocycles. The number of thioether (sulfide) groups is 2. The number of halogens is 3. The van der Waals surface area contributed by atoms with Gasteiger partial charge in [-0.15, -0.1) is 0 Å². The van der Waals surface area contributed by atoms with Gasteiger partial charge in [0.05, 0.1) is 15.3 Å². The van der Waals surface area contributed by atoms with Crippen LogP contribution in [0, 0.1) is 0 Å². The van der Waals surface area contributed by atoms with Crippen LogP contribution in [-0.4, -0.2) is 33.2 Å². The lowest BCUT2D eigenvalue weighted by molar-refractivity contribution is -0.137. The van der Waals surface area contributed by atoms with Crippen LogP contribution < -0.4 is 5.32 Å². The highest BCUT2D eigenvalue weighted by Gasteiger charge is 2.32. The Kier molecular flexibility index (Phi) is 7.70. The maximum Gasteiger partial charge on any atom is 0.417 e. The van der Waals surface area contributed by atoms with Gasteiger partial charge in [0.2, 0.25) is 5.91 Å². The Balaban J connectivity index is 1.77. The van der Waals surface area contributed by atoms with Crippen LogP contribution in [0.5, 0.6) is 0 Å². The van der Waals surface area contributed by atoms with Gasteiger partial charge in [0, 0.05) is 23.7 Å². The molecular weight excluding hydrogens is 381 g/mol. The van der Waals surface area contributed by atoms with Crippen LogP contribution in [0.2, 0.25) is 0 Å². The summed E-state index contributed by atoms with van der Waals surface area (Å²) in [6.45, 7) is 4.10. The molecule has 26 heavy (non-hydrogen) atoms. The van der Waals surface area contributed by atoms with E-state index in [9.17, 15) is 18.0 Å². The van der Waals surface area contributed by atoms with Crippen molar-refractivity contribution in [3.05, 3.63) is 23.9 Å². The van der Waals surface area contributed by atoms with Crippen molar-refractivity contribution in [1.82, 2.24) is 10.3 Å². The van der Waals surface area contributed by atoms with Crippen LogP contribution in [0.15, 0.2) is 23.4 Å².